The van der Waals surface area contributed by atoms with E-state index in [1.54, 1.807) is 0 Å². The number of ether oxygens (including phenoxy) is 1. The summed E-state index contributed by atoms with van der Waals surface area (Å²) in [5, 5.41) is 2.77. The van der Waals surface area contributed by atoms with Gasteiger partial charge in [-0.25, -0.2) is 0 Å². The van der Waals surface area contributed by atoms with Gasteiger partial charge >= 0.3 is 0 Å². The highest BCUT2D eigenvalue weighted by Crippen LogP contribution is 2.34. The summed E-state index contributed by atoms with van der Waals surface area (Å²) in [5.41, 5.74) is 2.54. The molecule has 2 aliphatic heterocycles. The zero-order valence-corrected chi connectivity index (χ0v) is 16.0. The van der Waals surface area contributed by atoms with E-state index in [0.717, 1.165) is 11.5 Å². The number of rotatable bonds is 1. The lowest BCUT2D eigenvalue weighted by Gasteiger charge is -2.35. The molecular formula is C20H24N2OSi. The number of hydrogen-bond donors (Lipinski definition) is 0. The van der Waals surface area contributed by atoms with E-state index in [1.807, 2.05) is 0 Å². The minimum atomic E-state index is -1.77. The molecule has 1 atom stereocenters. The Hall–Kier alpha value is -2.20. The van der Waals surface area contributed by atoms with Crippen LogP contribution in [-0.2, 0) is 0 Å². The third-order valence-corrected chi connectivity index (χ3v) is 8.98. The monoisotopic (exact) mass is 336 g/mol. The molecule has 0 bridgehead atoms. The Balaban J connectivity index is 1.86. The summed E-state index contributed by atoms with van der Waals surface area (Å²) in [4.78, 5) is 4.58. The zero-order chi connectivity index (χ0) is 17.1. The number of nitrogens with zero attached hydrogens (tertiary/aromatic N) is 2. The molecule has 0 aliphatic carbocycles. The van der Waals surface area contributed by atoms with Crippen molar-refractivity contribution in [2.24, 2.45) is 0 Å². The van der Waals surface area contributed by atoms with Crippen molar-refractivity contribution < 1.29 is 4.74 Å². The standard InChI is InChI=1S/C20H24N2OSi/c1-14-12-18-20(13-16(14)22-11-10-21(3)15(22)2)24(4,5)19-9-7-6-8-17(19)23-18/h6-13,15H,1-5H3/t15-/m0/s1. The second-order valence-corrected chi connectivity index (χ2v) is 11.7. The van der Waals surface area contributed by atoms with Gasteiger partial charge in [0.1, 0.15) is 25.7 Å². The Morgan fingerprint density at radius 1 is 1.00 bits per heavy atom. The lowest BCUT2D eigenvalue weighted by Crippen LogP contribution is -2.56. The van der Waals surface area contributed by atoms with Crippen LogP contribution in [0.15, 0.2) is 48.8 Å². The van der Waals surface area contributed by atoms with Gasteiger partial charge < -0.3 is 14.5 Å². The van der Waals surface area contributed by atoms with Gasteiger partial charge in [-0.05, 0) is 48.0 Å². The lowest BCUT2D eigenvalue weighted by atomic mass is 10.1. The van der Waals surface area contributed by atoms with Gasteiger partial charge in [0.15, 0.2) is 0 Å². The maximum atomic E-state index is 6.25. The largest absolute Gasteiger partial charge is 0.458 e. The quantitative estimate of drug-likeness (QED) is 0.742. The number of hydrogen-bond acceptors (Lipinski definition) is 3. The van der Waals surface area contributed by atoms with E-state index in [9.17, 15) is 0 Å². The van der Waals surface area contributed by atoms with Crippen molar-refractivity contribution in [3.05, 3.63) is 54.4 Å². The molecule has 2 aliphatic rings. The predicted molar refractivity (Wildman–Crippen MR) is 103 cm³/mol. The van der Waals surface area contributed by atoms with Crippen LogP contribution in [-0.4, -0.2) is 26.2 Å². The first-order valence-corrected chi connectivity index (χ1v) is 11.5. The fraction of sp³-hybridized carbons (Fsp3) is 0.300. The molecule has 0 saturated carbocycles. The molecule has 2 aromatic carbocycles. The molecule has 0 N–H and O–H groups in total. The highest BCUT2D eigenvalue weighted by atomic mass is 28.3. The second kappa shape index (κ2) is 5.15. The maximum Gasteiger partial charge on any atom is 0.127 e. The maximum absolute atomic E-state index is 6.25. The summed E-state index contributed by atoms with van der Waals surface area (Å²) in [5.74, 6) is 2.07. The van der Waals surface area contributed by atoms with Crippen LogP contribution in [0.25, 0.3) is 0 Å². The Kier molecular flexibility index (Phi) is 3.29. The average Bonchev–Trinajstić information content (AvgIpc) is 2.87. The number of fused-ring (bicyclic) bond motifs is 2. The highest BCUT2D eigenvalue weighted by molar-refractivity contribution is 7.01. The molecule has 0 spiro atoms. The number of aryl methyl sites for hydroxylation is 1. The number of anilines is 1. The Labute approximate surface area is 145 Å². The summed E-state index contributed by atoms with van der Waals surface area (Å²) >= 11 is 0. The average molecular weight is 337 g/mol. The first-order chi connectivity index (χ1) is 11.4. The Bertz CT molecular complexity index is 844. The van der Waals surface area contributed by atoms with E-state index in [0.29, 0.717) is 6.17 Å². The summed E-state index contributed by atoms with van der Waals surface area (Å²) in [6, 6.07) is 13.1. The molecule has 2 heterocycles. The SMILES string of the molecule is Cc1cc2c(cc1N1C=CN(C)[C@@H]1C)[Si](C)(C)c1ccccc1O2. The van der Waals surface area contributed by atoms with Gasteiger partial charge in [0.25, 0.3) is 0 Å². The van der Waals surface area contributed by atoms with Crippen LogP contribution < -0.4 is 20.0 Å². The Morgan fingerprint density at radius 2 is 1.75 bits per heavy atom. The minimum Gasteiger partial charge on any atom is -0.458 e. The van der Waals surface area contributed by atoms with Crippen molar-refractivity contribution in [3.63, 3.8) is 0 Å². The molecule has 0 saturated heterocycles. The summed E-state index contributed by atoms with van der Waals surface area (Å²) in [6.07, 6.45) is 4.65. The van der Waals surface area contributed by atoms with Crippen LogP contribution >= 0.6 is 0 Å². The molecule has 0 radical (unpaired) electrons. The van der Waals surface area contributed by atoms with E-state index in [2.05, 4.69) is 92.6 Å². The van der Waals surface area contributed by atoms with E-state index in [-0.39, 0.29) is 0 Å². The van der Waals surface area contributed by atoms with Gasteiger partial charge in [-0.2, -0.15) is 0 Å². The van der Waals surface area contributed by atoms with Crippen molar-refractivity contribution in [2.45, 2.75) is 33.1 Å². The molecule has 24 heavy (non-hydrogen) atoms. The fourth-order valence-corrected chi connectivity index (χ4v) is 6.55. The van der Waals surface area contributed by atoms with Crippen molar-refractivity contribution >= 4 is 24.1 Å². The first-order valence-electron chi connectivity index (χ1n) is 8.50. The van der Waals surface area contributed by atoms with Crippen molar-refractivity contribution in [2.75, 3.05) is 11.9 Å². The predicted octanol–water partition coefficient (Wildman–Crippen LogP) is 3.49. The van der Waals surface area contributed by atoms with Crippen LogP contribution in [0.2, 0.25) is 13.1 Å². The third-order valence-electron chi connectivity index (χ3n) is 5.48. The molecular weight excluding hydrogens is 312 g/mol. The van der Waals surface area contributed by atoms with Gasteiger partial charge in [0.05, 0.1) is 0 Å². The molecule has 0 amide bonds. The smallest absolute Gasteiger partial charge is 0.127 e. The van der Waals surface area contributed by atoms with Crippen LogP contribution in [0.5, 0.6) is 11.5 Å². The van der Waals surface area contributed by atoms with Crippen LogP contribution in [0.1, 0.15) is 12.5 Å². The minimum absolute atomic E-state index is 0.336. The van der Waals surface area contributed by atoms with Crippen LogP contribution in [0.4, 0.5) is 5.69 Å². The number of para-hydroxylation sites is 1. The first kappa shape index (κ1) is 15.3. The summed E-state index contributed by atoms with van der Waals surface area (Å²) in [7, 11) is 0.353. The molecule has 0 aromatic heterocycles. The summed E-state index contributed by atoms with van der Waals surface area (Å²) in [6.45, 7) is 9.24. The van der Waals surface area contributed by atoms with Gasteiger partial charge in [-0.3, -0.25) is 0 Å². The van der Waals surface area contributed by atoms with Crippen LogP contribution in [0, 0.1) is 6.92 Å². The number of benzene rings is 2. The molecule has 0 unspecified atom stereocenters. The molecule has 4 rings (SSSR count). The normalized spacial score (nSPS) is 20.6. The van der Waals surface area contributed by atoms with E-state index < -0.39 is 8.07 Å². The van der Waals surface area contributed by atoms with E-state index >= 15 is 0 Å². The van der Waals surface area contributed by atoms with Crippen molar-refractivity contribution in [1.29, 1.82) is 0 Å². The van der Waals surface area contributed by atoms with Gasteiger partial charge in [0, 0.05) is 25.1 Å². The highest BCUT2D eigenvalue weighted by Gasteiger charge is 2.37. The van der Waals surface area contributed by atoms with E-state index in [1.165, 1.54) is 21.6 Å². The van der Waals surface area contributed by atoms with Crippen LogP contribution in [0.3, 0.4) is 0 Å². The summed E-state index contributed by atoms with van der Waals surface area (Å²) < 4.78 is 6.25. The van der Waals surface area contributed by atoms with E-state index in [4.69, 9.17) is 4.74 Å². The lowest BCUT2D eigenvalue weighted by molar-refractivity contribution is 0.383. The van der Waals surface area contributed by atoms with Crippen molar-refractivity contribution in [3.8, 4) is 11.5 Å². The van der Waals surface area contributed by atoms with Gasteiger partial charge in [0.2, 0.25) is 0 Å². The van der Waals surface area contributed by atoms with Gasteiger partial charge in [-0.15, -0.1) is 0 Å². The third kappa shape index (κ3) is 2.09. The fourth-order valence-electron chi connectivity index (χ4n) is 3.76. The molecule has 124 valence electrons. The zero-order valence-electron chi connectivity index (χ0n) is 15.0. The second-order valence-electron chi connectivity index (χ2n) is 7.36. The topological polar surface area (TPSA) is 15.7 Å². The van der Waals surface area contributed by atoms with Crippen molar-refractivity contribution in [1.82, 2.24) is 4.90 Å². The molecule has 0 fully saturated rings. The molecule has 2 aromatic rings. The molecule has 4 heteroatoms. The molecule has 3 nitrogen and oxygen atoms in total. The Morgan fingerprint density at radius 3 is 2.46 bits per heavy atom. The van der Waals surface area contributed by atoms with Gasteiger partial charge in [-0.1, -0.05) is 31.3 Å².